The zero-order valence-corrected chi connectivity index (χ0v) is 26.5. The Hall–Kier alpha value is -4.12. The van der Waals surface area contributed by atoms with Gasteiger partial charge >= 0.3 is 0 Å². The van der Waals surface area contributed by atoms with Crippen molar-refractivity contribution in [1.29, 1.82) is 0 Å². The third-order valence-corrected chi connectivity index (χ3v) is 8.80. The predicted octanol–water partition coefficient (Wildman–Crippen LogP) is 12.1. The van der Waals surface area contributed by atoms with Gasteiger partial charge in [0.15, 0.2) is 0 Å². The van der Waals surface area contributed by atoms with Crippen LogP contribution in [0.15, 0.2) is 142 Å². The van der Waals surface area contributed by atoms with E-state index in [0.29, 0.717) is 0 Å². The zero-order chi connectivity index (χ0) is 28.8. The molecular weight excluding hydrogens is 644 g/mol. The minimum absolute atomic E-state index is 1.09. The lowest BCUT2D eigenvalue weighted by Crippen LogP contribution is -1.96. The van der Waals surface area contributed by atoms with Crippen LogP contribution in [0.4, 0.5) is 0 Å². The first kappa shape index (κ1) is 26.8. The van der Waals surface area contributed by atoms with E-state index in [0.717, 1.165) is 20.3 Å². The molecule has 4 heteroatoms. The maximum Gasteiger partial charge on any atom is 0.0541 e. The number of hydrogen-bond acceptors (Lipinski definition) is 0. The first-order chi connectivity index (χ1) is 20.7. The number of hydrogen-bond donors (Lipinski definition) is 0. The van der Waals surface area contributed by atoms with E-state index in [-0.39, 0.29) is 0 Å². The summed E-state index contributed by atoms with van der Waals surface area (Å²) in [5.41, 5.74) is 9.49. The summed E-state index contributed by atoms with van der Waals surface area (Å²) in [5.74, 6) is 0. The highest BCUT2D eigenvalue weighted by Crippen LogP contribution is 2.37. The van der Waals surface area contributed by atoms with Crippen LogP contribution in [0.2, 0.25) is 0 Å². The molecule has 2 nitrogen and oxygen atoms in total. The highest BCUT2D eigenvalue weighted by Gasteiger charge is 2.15. The van der Waals surface area contributed by atoms with Crippen molar-refractivity contribution in [1.82, 2.24) is 9.13 Å². The molecule has 0 radical (unpaired) electrons. The lowest BCUT2D eigenvalue weighted by atomic mass is 10.0. The molecule has 2 heterocycles. The molecule has 0 aliphatic heterocycles. The molecule has 0 N–H and O–H groups in total. The zero-order valence-electron chi connectivity index (χ0n) is 23.4. The molecule has 204 valence electrons. The number of aromatic nitrogens is 2. The standard InChI is InChI=1S/C36H22Br2N2.C2H6/c37-25-15-17-35-31(21-25)29-11-1-3-13-33(29)39(35)27-9-5-7-23(19-27)24-8-6-10-28(20-24)40-34-14-4-2-12-30(34)32-22-26(38)16-18-36(32)40;1-2/h1-22H;1-2H3. The SMILES string of the molecule is Brc1ccc2c(c1)c1ccccc1n2-c1cccc(-c2cccc(-n3c4ccccc4c4cc(Br)ccc43)c2)c1.CC. The molecule has 2 aromatic heterocycles. The van der Waals surface area contributed by atoms with Gasteiger partial charge in [-0.05, 0) is 83.9 Å². The van der Waals surface area contributed by atoms with Crippen LogP contribution < -0.4 is 0 Å². The molecule has 0 unspecified atom stereocenters. The number of halogens is 2. The van der Waals surface area contributed by atoms with Crippen molar-refractivity contribution in [3.63, 3.8) is 0 Å². The second kappa shape index (κ2) is 10.9. The third kappa shape index (κ3) is 4.38. The van der Waals surface area contributed by atoms with Gasteiger partial charge in [0.2, 0.25) is 0 Å². The Balaban J connectivity index is 0.00000141. The summed E-state index contributed by atoms with van der Waals surface area (Å²) in [6.45, 7) is 4.00. The maximum absolute atomic E-state index is 3.67. The minimum atomic E-state index is 1.09. The first-order valence-corrected chi connectivity index (χ1v) is 15.8. The van der Waals surface area contributed by atoms with Gasteiger partial charge in [0.1, 0.15) is 0 Å². The Kier molecular flexibility index (Phi) is 6.97. The number of nitrogens with zero attached hydrogens (tertiary/aromatic N) is 2. The number of benzene rings is 6. The Morgan fingerprint density at radius 1 is 0.381 bits per heavy atom. The molecule has 0 fully saturated rings. The lowest BCUT2D eigenvalue weighted by Gasteiger charge is -2.12. The third-order valence-electron chi connectivity index (χ3n) is 7.81. The Morgan fingerprint density at radius 2 is 0.786 bits per heavy atom. The number of para-hydroxylation sites is 2. The molecule has 8 aromatic rings. The van der Waals surface area contributed by atoms with Crippen LogP contribution in [0, 0.1) is 0 Å². The fraction of sp³-hybridized carbons (Fsp3) is 0.0526. The van der Waals surface area contributed by atoms with Crippen LogP contribution in [0.25, 0.3) is 66.1 Å². The summed E-state index contributed by atoms with van der Waals surface area (Å²) in [5, 5.41) is 5.00. The van der Waals surface area contributed by atoms with E-state index in [1.54, 1.807) is 0 Å². The van der Waals surface area contributed by atoms with E-state index < -0.39 is 0 Å². The van der Waals surface area contributed by atoms with Crippen LogP contribution in [0.1, 0.15) is 13.8 Å². The molecule has 0 spiro atoms. The normalized spacial score (nSPS) is 11.3. The molecule has 0 atom stereocenters. The van der Waals surface area contributed by atoms with Gasteiger partial charge in [0.05, 0.1) is 22.1 Å². The molecular formula is C38H28Br2N2. The average molecular weight is 672 g/mol. The quantitative estimate of drug-likeness (QED) is 0.177. The average Bonchev–Trinajstić information content (AvgIpc) is 3.54. The van der Waals surface area contributed by atoms with Gasteiger partial charge in [0, 0.05) is 41.9 Å². The van der Waals surface area contributed by atoms with E-state index >= 15 is 0 Å². The van der Waals surface area contributed by atoms with Crippen molar-refractivity contribution >= 4 is 75.5 Å². The Bertz CT molecular complexity index is 2090. The van der Waals surface area contributed by atoms with Gasteiger partial charge in [-0.25, -0.2) is 0 Å². The molecule has 6 aromatic carbocycles. The summed E-state index contributed by atoms with van der Waals surface area (Å²) in [6, 6.07) is 48.1. The molecule has 42 heavy (non-hydrogen) atoms. The van der Waals surface area contributed by atoms with Gasteiger partial charge in [-0.2, -0.15) is 0 Å². The van der Waals surface area contributed by atoms with Gasteiger partial charge in [0.25, 0.3) is 0 Å². The summed E-state index contributed by atoms with van der Waals surface area (Å²) >= 11 is 7.34. The number of rotatable bonds is 3. The lowest BCUT2D eigenvalue weighted by molar-refractivity contribution is 1.17. The summed E-state index contributed by atoms with van der Waals surface area (Å²) in [4.78, 5) is 0. The predicted molar refractivity (Wildman–Crippen MR) is 187 cm³/mol. The van der Waals surface area contributed by atoms with Crippen molar-refractivity contribution in [3.05, 3.63) is 142 Å². The number of fused-ring (bicyclic) bond motifs is 6. The van der Waals surface area contributed by atoms with Crippen molar-refractivity contribution in [2.75, 3.05) is 0 Å². The van der Waals surface area contributed by atoms with Crippen LogP contribution in [-0.4, -0.2) is 9.13 Å². The fourth-order valence-electron chi connectivity index (χ4n) is 6.10. The van der Waals surface area contributed by atoms with Crippen LogP contribution in [0.3, 0.4) is 0 Å². The summed E-state index contributed by atoms with van der Waals surface area (Å²) < 4.78 is 6.92. The second-order valence-corrected chi connectivity index (χ2v) is 12.0. The van der Waals surface area contributed by atoms with E-state index in [4.69, 9.17) is 0 Å². The van der Waals surface area contributed by atoms with E-state index in [1.165, 1.54) is 54.7 Å². The van der Waals surface area contributed by atoms with Crippen LogP contribution in [0.5, 0.6) is 0 Å². The van der Waals surface area contributed by atoms with E-state index in [2.05, 4.69) is 174 Å². The van der Waals surface area contributed by atoms with Gasteiger partial charge in [-0.3, -0.25) is 0 Å². The fourth-order valence-corrected chi connectivity index (χ4v) is 6.82. The van der Waals surface area contributed by atoms with Crippen LogP contribution >= 0.6 is 31.9 Å². The minimum Gasteiger partial charge on any atom is -0.309 e. The van der Waals surface area contributed by atoms with E-state index in [9.17, 15) is 0 Å². The second-order valence-electron chi connectivity index (χ2n) is 10.1. The Morgan fingerprint density at radius 3 is 1.24 bits per heavy atom. The topological polar surface area (TPSA) is 9.86 Å². The van der Waals surface area contributed by atoms with Gasteiger partial charge < -0.3 is 9.13 Å². The molecule has 0 aliphatic carbocycles. The largest absolute Gasteiger partial charge is 0.309 e. The van der Waals surface area contributed by atoms with Crippen molar-refractivity contribution < 1.29 is 0 Å². The molecule has 0 saturated carbocycles. The summed E-state index contributed by atoms with van der Waals surface area (Å²) in [7, 11) is 0. The molecule has 0 bridgehead atoms. The molecule has 0 amide bonds. The molecule has 0 saturated heterocycles. The van der Waals surface area contributed by atoms with Crippen LogP contribution in [-0.2, 0) is 0 Å². The summed E-state index contributed by atoms with van der Waals surface area (Å²) in [6.07, 6.45) is 0. The first-order valence-electron chi connectivity index (χ1n) is 14.2. The van der Waals surface area contributed by atoms with Crippen molar-refractivity contribution in [2.24, 2.45) is 0 Å². The highest BCUT2D eigenvalue weighted by atomic mass is 79.9. The monoisotopic (exact) mass is 670 g/mol. The van der Waals surface area contributed by atoms with Crippen molar-refractivity contribution in [3.8, 4) is 22.5 Å². The highest BCUT2D eigenvalue weighted by molar-refractivity contribution is 9.10. The van der Waals surface area contributed by atoms with Crippen molar-refractivity contribution in [2.45, 2.75) is 13.8 Å². The maximum atomic E-state index is 3.67. The van der Waals surface area contributed by atoms with Gasteiger partial charge in [-0.1, -0.05) is 106 Å². The molecule has 8 rings (SSSR count). The van der Waals surface area contributed by atoms with Gasteiger partial charge in [-0.15, -0.1) is 0 Å². The smallest absolute Gasteiger partial charge is 0.0541 e. The molecule has 0 aliphatic rings. The Labute approximate surface area is 262 Å². The van der Waals surface area contributed by atoms with E-state index in [1.807, 2.05) is 13.8 Å².